The van der Waals surface area contributed by atoms with Crippen LogP contribution in [-0.4, -0.2) is 14.2 Å². The van der Waals surface area contributed by atoms with E-state index in [1.165, 1.54) is 5.56 Å². The maximum atomic E-state index is 5.24. The van der Waals surface area contributed by atoms with E-state index in [4.69, 9.17) is 4.74 Å². The van der Waals surface area contributed by atoms with Crippen LogP contribution in [0.3, 0.4) is 0 Å². The van der Waals surface area contributed by atoms with Gasteiger partial charge < -0.3 is 9.64 Å². The molecule has 18 heavy (non-hydrogen) atoms. The van der Waals surface area contributed by atoms with Gasteiger partial charge in [0, 0.05) is 29.8 Å². The quantitative estimate of drug-likeness (QED) is 0.843. The normalized spacial score (nSPS) is 10.2. The molecular formula is C15H16BrNO. The molecule has 0 aliphatic carbocycles. The average molecular weight is 306 g/mol. The molecule has 0 N–H and O–H groups in total. The first-order chi connectivity index (χ1) is 8.70. The zero-order chi connectivity index (χ0) is 13.0. The predicted octanol–water partition coefficient (Wildman–Crippen LogP) is 4.09. The Morgan fingerprint density at radius 1 is 1.11 bits per heavy atom. The maximum Gasteiger partial charge on any atom is 0.120 e. The molecule has 3 heteroatoms. The Kier molecular flexibility index (Phi) is 4.26. The fourth-order valence-corrected chi connectivity index (χ4v) is 2.23. The lowest BCUT2D eigenvalue weighted by Gasteiger charge is -2.20. The van der Waals surface area contributed by atoms with Crippen LogP contribution >= 0.6 is 15.9 Å². The summed E-state index contributed by atoms with van der Waals surface area (Å²) < 4.78 is 6.38. The van der Waals surface area contributed by atoms with Gasteiger partial charge in [-0.15, -0.1) is 0 Å². The molecule has 0 heterocycles. The highest BCUT2D eigenvalue weighted by atomic mass is 79.9. The molecular weight excluding hydrogens is 290 g/mol. The van der Waals surface area contributed by atoms with E-state index in [2.05, 4.69) is 52.1 Å². The number of anilines is 1. The first-order valence-electron chi connectivity index (χ1n) is 5.79. The van der Waals surface area contributed by atoms with Crippen molar-refractivity contribution in [1.82, 2.24) is 0 Å². The zero-order valence-corrected chi connectivity index (χ0v) is 12.1. The van der Waals surface area contributed by atoms with E-state index < -0.39 is 0 Å². The van der Waals surface area contributed by atoms with Gasteiger partial charge in [-0.25, -0.2) is 0 Å². The molecule has 94 valence electrons. The van der Waals surface area contributed by atoms with Crippen molar-refractivity contribution in [2.24, 2.45) is 0 Å². The molecule has 0 saturated carbocycles. The van der Waals surface area contributed by atoms with Crippen molar-refractivity contribution in [3.05, 3.63) is 58.6 Å². The van der Waals surface area contributed by atoms with Crippen molar-refractivity contribution in [3.63, 3.8) is 0 Å². The van der Waals surface area contributed by atoms with E-state index in [-0.39, 0.29) is 0 Å². The average Bonchev–Trinajstić information content (AvgIpc) is 2.41. The summed E-state index contributed by atoms with van der Waals surface area (Å²) in [6, 6.07) is 16.4. The van der Waals surface area contributed by atoms with Gasteiger partial charge in [-0.1, -0.05) is 40.2 Å². The van der Waals surface area contributed by atoms with Gasteiger partial charge in [0.15, 0.2) is 0 Å². The van der Waals surface area contributed by atoms with Crippen LogP contribution in [0.1, 0.15) is 5.56 Å². The Morgan fingerprint density at radius 2 is 1.89 bits per heavy atom. The molecule has 0 unspecified atom stereocenters. The Labute approximate surface area is 116 Å². The lowest BCUT2D eigenvalue weighted by molar-refractivity contribution is 0.415. The minimum absolute atomic E-state index is 0.856. The largest absolute Gasteiger partial charge is 0.497 e. The van der Waals surface area contributed by atoms with Gasteiger partial charge in [-0.3, -0.25) is 0 Å². The second-order valence-corrected chi connectivity index (χ2v) is 5.00. The summed E-state index contributed by atoms with van der Waals surface area (Å²) in [6.07, 6.45) is 0. The topological polar surface area (TPSA) is 12.5 Å². The lowest BCUT2D eigenvalue weighted by atomic mass is 10.2. The van der Waals surface area contributed by atoms with Crippen LogP contribution in [0, 0.1) is 0 Å². The van der Waals surface area contributed by atoms with Gasteiger partial charge in [0.1, 0.15) is 5.75 Å². The van der Waals surface area contributed by atoms with E-state index in [0.29, 0.717) is 0 Å². The van der Waals surface area contributed by atoms with E-state index in [1.807, 2.05) is 24.3 Å². The minimum Gasteiger partial charge on any atom is -0.497 e. The summed E-state index contributed by atoms with van der Waals surface area (Å²) >= 11 is 3.57. The fourth-order valence-electron chi connectivity index (χ4n) is 1.82. The second kappa shape index (κ2) is 5.91. The Morgan fingerprint density at radius 3 is 2.61 bits per heavy atom. The van der Waals surface area contributed by atoms with E-state index in [9.17, 15) is 0 Å². The summed E-state index contributed by atoms with van der Waals surface area (Å²) in [7, 11) is 3.76. The summed E-state index contributed by atoms with van der Waals surface area (Å²) in [5.41, 5.74) is 2.41. The number of benzene rings is 2. The van der Waals surface area contributed by atoms with Crippen LogP contribution in [0.4, 0.5) is 5.69 Å². The molecule has 0 radical (unpaired) electrons. The lowest BCUT2D eigenvalue weighted by Crippen LogP contribution is -2.16. The highest BCUT2D eigenvalue weighted by Crippen LogP contribution is 2.23. The van der Waals surface area contributed by atoms with Crippen LogP contribution in [0.2, 0.25) is 0 Å². The van der Waals surface area contributed by atoms with Gasteiger partial charge in [-0.2, -0.15) is 0 Å². The van der Waals surface area contributed by atoms with Crippen molar-refractivity contribution >= 4 is 21.6 Å². The van der Waals surface area contributed by atoms with Crippen molar-refractivity contribution in [3.8, 4) is 5.75 Å². The van der Waals surface area contributed by atoms with Crippen molar-refractivity contribution < 1.29 is 4.74 Å². The maximum absolute atomic E-state index is 5.24. The summed E-state index contributed by atoms with van der Waals surface area (Å²) in [6.45, 7) is 0.856. The third-order valence-electron chi connectivity index (χ3n) is 2.86. The van der Waals surface area contributed by atoms with Crippen molar-refractivity contribution in [2.45, 2.75) is 6.54 Å². The number of ether oxygens (including phenoxy) is 1. The Bertz CT molecular complexity index is 527. The molecule has 0 bridgehead atoms. The van der Waals surface area contributed by atoms with Gasteiger partial charge in [0.2, 0.25) is 0 Å². The van der Waals surface area contributed by atoms with Crippen LogP contribution in [0.25, 0.3) is 0 Å². The molecule has 2 aromatic rings. The summed E-state index contributed by atoms with van der Waals surface area (Å²) in [5.74, 6) is 0.881. The standard InChI is InChI=1S/C15H16BrNO/c1-17(11-12-6-3-4-9-15(12)16)13-7-5-8-14(10-13)18-2/h3-10H,11H2,1-2H3. The molecule has 0 atom stereocenters. The molecule has 0 fully saturated rings. The van der Waals surface area contributed by atoms with Crippen LogP contribution < -0.4 is 9.64 Å². The molecule has 0 aliphatic rings. The Hall–Kier alpha value is -1.48. The molecule has 0 spiro atoms. The molecule has 0 saturated heterocycles. The molecule has 2 aromatic carbocycles. The molecule has 2 rings (SSSR count). The summed E-state index contributed by atoms with van der Waals surface area (Å²) in [4.78, 5) is 2.20. The number of halogens is 1. The molecule has 0 amide bonds. The second-order valence-electron chi connectivity index (χ2n) is 4.15. The minimum atomic E-state index is 0.856. The third kappa shape index (κ3) is 3.05. The van der Waals surface area contributed by atoms with Gasteiger partial charge in [0.05, 0.1) is 7.11 Å². The number of methoxy groups -OCH3 is 1. The molecule has 0 aliphatic heterocycles. The SMILES string of the molecule is COc1cccc(N(C)Cc2ccccc2Br)c1. The highest BCUT2D eigenvalue weighted by molar-refractivity contribution is 9.10. The highest BCUT2D eigenvalue weighted by Gasteiger charge is 2.05. The molecule has 0 aromatic heterocycles. The van der Waals surface area contributed by atoms with Gasteiger partial charge in [-0.05, 0) is 23.8 Å². The van der Waals surface area contributed by atoms with Crippen molar-refractivity contribution in [2.75, 3.05) is 19.1 Å². The smallest absolute Gasteiger partial charge is 0.120 e. The van der Waals surface area contributed by atoms with Gasteiger partial charge in [0.25, 0.3) is 0 Å². The number of nitrogens with zero attached hydrogens (tertiary/aromatic N) is 1. The van der Waals surface area contributed by atoms with Crippen LogP contribution in [0.5, 0.6) is 5.75 Å². The first-order valence-corrected chi connectivity index (χ1v) is 6.58. The van der Waals surface area contributed by atoms with Crippen LogP contribution in [0.15, 0.2) is 53.0 Å². The van der Waals surface area contributed by atoms with E-state index in [1.54, 1.807) is 7.11 Å². The fraction of sp³-hybridized carbons (Fsp3) is 0.200. The zero-order valence-electron chi connectivity index (χ0n) is 10.6. The Balaban J connectivity index is 2.16. The number of hydrogen-bond donors (Lipinski definition) is 0. The first kappa shape index (κ1) is 13.0. The number of rotatable bonds is 4. The predicted molar refractivity (Wildman–Crippen MR) is 79.2 cm³/mol. The number of hydrogen-bond acceptors (Lipinski definition) is 2. The monoisotopic (exact) mass is 305 g/mol. The van der Waals surface area contributed by atoms with E-state index >= 15 is 0 Å². The van der Waals surface area contributed by atoms with Gasteiger partial charge >= 0.3 is 0 Å². The van der Waals surface area contributed by atoms with Crippen LogP contribution in [-0.2, 0) is 6.54 Å². The molecule has 2 nitrogen and oxygen atoms in total. The van der Waals surface area contributed by atoms with Crippen molar-refractivity contribution in [1.29, 1.82) is 0 Å². The third-order valence-corrected chi connectivity index (χ3v) is 3.63. The summed E-state index contributed by atoms with van der Waals surface area (Å²) in [5, 5.41) is 0. The van der Waals surface area contributed by atoms with E-state index in [0.717, 1.165) is 22.5 Å².